The summed E-state index contributed by atoms with van der Waals surface area (Å²) in [5.41, 5.74) is 6.16. The summed E-state index contributed by atoms with van der Waals surface area (Å²) < 4.78 is 15.9. The number of halogens is 1. The number of amides is 1. The molecule has 1 saturated carbocycles. The summed E-state index contributed by atoms with van der Waals surface area (Å²) in [6, 6.07) is -0.293. The number of anilines is 3. The van der Waals surface area contributed by atoms with Crippen LogP contribution in [0, 0.1) is 23.6 Å². The van der Waals surface area contributed by atoms with Gasteiger partial charge in [0.1, 0.15) is 0 Å². The second-order valence-corrected chi connectivity index (χ2v) is 7.36. The molecule has 2 aliphatic carbocycles. The van der Waals surface area contributed by atoms with Crippen molar-refractivity contribution in [1.82, 2.24) is 19.7 Å². The number of primary amides is 1. The van der Waals surface area contributed by atoms with Crippen molar-refractivity contribution in [2.75, 3.05) is 10.6 Å². The molecule has 0 aromatic carbocycles. The minimum absolute atomic E-state index is 0.0195. The third kappa shape index (κ3) is 3.55. The molecule has 0 spiro atoms. The Kier molecular flexibility index (Phi) is 4.71. The minimum Gasteiger partial charge on any atom is -0.391 e. The molecule has 2 heterocycles. The molecule has 2 aromatic heterocycles. The van der Waals surface area contributed by atoms with Crippen molar-refractivity contribution in [2.45, 2.75) is 32.0 Å². The second kappa shape index (κ2) is 7.19. The van der Waals surface area contributed by atoms with Gasteiger partial charge in [-0.3, -0.25) is 9.48 Å². The fourth-order valence-corrected chi connectivity index (χ4v) is 4.02. The van der Waals surface area contributed by atoms with E-state index in [9.17, 15) is 14.3 Å². The van der Waals surface area contributed by atoms with Gasteiger partial charge in [0.2, 0.25) is 11.9 Å². The van der Waals surface area contributed by atoms with Crippen LogP contribution in [0.5, 0.6) is 0 Å². The zero-order valence-electron chi connectivity index (χ0n) is 15.3. The molecule has 0 saturated heterocycles. The molecule has 5 atom stereocenters. The summed E-state index contributed by atoms with van der Waals surface area (Å²) in [6.07, 6.45) is 8.66. The first-order valence-electron chi connectivity index (χ1n) is 9.15. The van der Waals surface area contributed by atoms with E-state index in [1.165, 1.54) is 0 Å². The van der Waals surface area contributed by atoms with Crippen LogP contribution in [-0.4, -0.2) is 42.9 Å². The second-order valence-electron chi connectivity index (χ2n) is 7.36. The molecule has 0 unspecified atom stereocenters. The van der Waals surface area contributed by atoms with Crippen molar-refractivity contribution in [2.24, 2.45) is 23.5 Å². The number of hydrogen-bond donors (Lipinski definition) is 4. The molecule has 10 heteroatoms. The summed E-state index contributed by atoms with van der Waals surface area (Å²) in [6.45, 7) is 2.02. The Labute approximate surface area is 160 Å². The number of nitrogens with zero attached hydrogens (tertiary/aromatic N) is 4. The highest BCUT2D eigenvalue weighted by molar-refractivity contribution is 5.79. The van der Waals surface area contributed by atoms with Crippen molar-refractivity contribution in [3.8, 4) is 0 Å². The number of carbonyl (C=O) groups excluding carboxylic acids is 1. The van der Waals surface area contributed by atoms with Gasteiger partial charge in [-0.2, -0.15) is 10.1 Å². The van der Waals surface area contributed by atoms with Gasteiger partial charge >= 0.3 is 0 Å². The average Bonchev–Trinajstić information content (AvgIpc) is 3.33. The molecular formula is C18H22FN7O2. The number of allylic oxidation sites excluding steroid dienone is 1. The standard InChI is InChI=1S/C18H22FN7O2/c1-9(27)7-26-8-12(5-22-26)23-18-21-6-13(19)17(25-18)24-15-11-3-2-10(4-11)14(15)16(20)28/h2-3,5-6,8-11,14-15,27H,4,7H2,1H3,(H2,20,28)(H2,21,23,24,25)/t9-,10-,11-,14-,15+/m1/s1. The molecule has 148 valence electrons. The molecule has 1 amide bonds. The van der Waals surface area contributed by atoms with Crippen molar-refractivity contribution in [1.29, 1.82) is 0 Å². The van der Waals surface area contributed by atoms with E-state index in [0.717, 1.165) is 12.6 Å². The van der Waals surface area contributed by atoms with Crippen LogP contribution in [0.1, 0.15) is 13.3 Å². The lowest BCUT2D eigenvalue weighted by Gasteiger charge is -2.27. The first-order valence-corrected chi connectivity index (χ1v) is 9.15. The normalized spacial score (nSPS) is 26.4. The fraction of sp³-hybridized carbons (Fsp3) is 0.444. The number of aromatic nitrogens is 4. The summed E-state index contributed by atoms with van der Waals surface area (Å²) >= 11 is 0. The maximum absolute atomic E-state index is 14.3. The summed E-state index contributed by atoms with van der Waals surface area (Å²) in [7, 11) is 0. The van der Waals surface area contributed by atoms with Gasteiger partial charge in [-0.25, -0.2) is 9.37 Å². The minimum atomic E-state index is -0.606. The Balaban J connectivity index is 1.50. The predicted octanol–water partition coefficient (Wildman–Crippen LogP) is 1.02. The lowest BCUT2D eigenvalue weighted by Crippen LogP contribution is -2.41. The van der Waals surface area contributed by atoms with Gasteiger partial charge < -0.3 is 21.5 Å². The molecule has 1 fully saturated rings. The lowest BCUT2D eigenvalue weighted by atomic mass is 9.88. The number of hydrogen-bond acceptors (Lipinski definition) is 7. The number of nitrogens with one attached hydrogen (secondary N) is 2. The Hall–Kier alpha value is -3.01. The lowest BCUT2D eigenvalue weighted by molar-refractivity contribution is -0.122. The maximum Gasteiger partial charge on any atom is 0.229 e. The van der Waals surface area contributed by atoms with E-state index in [1.807, 2.05) is 12.2 Å². The molecule has 2 aromatic rings. The summed E-state index contributed by atoms with van der Waals surface area (Å²) in [5.74, 6) is -0.979. The number of fused-ring (bicyclic) bond motifs is 2. The van der Waals surface area contributed by atoms with Gasteiger partial charge in [-0.15, -0.1) is 0 Å². The highest BCUT2D eigenvalue weighted by atomic mass is 19.1. The summed E-state index contributed by atoms with van der Waals surface area (Å²) in [4.78, 5) is 20.0. The van der Waals surface area contributed by atoms with Crippen molar-refractivity contribution in [3.05, 3.63) is 36.6 Å². The van der Waals surface area contributed by atoms with Crippen LogP contribution < -0.4 is 16.4 Å². The van der Waals surface area contributed by atoms with Crippen LogP contribution >= 0.6 is 0 Å². The van der Waals surface area contributed by atoms with Crippen LogP contribution in [0.4, 0.5) is 21.8 Å². The Morgan fingerprint density at radius 2 is 2.21 bits per heavy atom. The number of rotatable bonds is 7. The van der Waals surface area contributed by atoms with Gasteiger partial charge in [0, 0.05) is 12.2 Å². The maximum atomic E-state index is 14.3. The van der Waals surface area contributed by atoms with Crippen LogP contribution in [0.3, 0.4) is 0 Å². The average molecular weight is 387 g/mol. The Morgan fingerprint density at radius 1 is 1.43 bits per heavy atom. The number of aliphatic hydroxyl groups excluding tert-OH is 1. The number of carbonyl (C=O) groups is 1. The molecule has 9 nitrogen and oxygen atoms in total. The van der Waals surface area contributed by atoms with Gasteiger partial charge in [-0.05, 0) is 25.2 Å². The molecule has 4 rings (SSSR count). The van der Waals surface area contributed by atoms with Gasteiger partial charge in [0.05, 0.1) is 36.6 Å². The molecular weight excluding hydrogens is 365 g/mol. The third-order valence-electron chi connectivity index (χ3n) is 5.18. The molecule has 0 aliphatic heterocycles. The van der Waals surface area contributed by atoms with Crippen molar-refractivity contribution >= 4 is 23.4 Å². The topological polar surface area (TPSA) is 131 Å². The zero-order valence-corrected chi connectivity index (χ0v) is 15.3. The fourth-order valence-electron chi connectivity index (χ4n) is 4.02. The van der Waals surface area contributed by atoms with E-state index < -0.39 is 17.8 Å². The van der Waals surface area contributed by atoms with Crippen molar-refractivity contribution < 1.29 is 14.3 Å². The van der Waals surface area contributed by atoms with Crippen LogP contribution in [0.2, 0.25) is 0 Å². The summed E-state index contributed by atoms with van der Waals surface area (Å²) in [5, 5.41) is 19.6. The molecule has 28 heavy (non-hydrogen) atoms. The Morgan fingerprint density at radius 3 is 2.96 bits per heavy atom. The van der Waals surface area contributed by atoms with E-state index in [4.69, 9.17) is 5.73 Å². The number of aliphatic hydroxyl groups is 1. The van der Waals surface area contributed by atoms with Crippen LogP contribution in [0.15, 0.2) is 30.7 Å². The first-order chi connectivity index (χ1) is 13.4. The van der Waals surface area contributed by atoms with E-state index in [1.54, 1.807) is 24.0 Å². The quantitative estimate of drug-likeness (QED) is 0.522. The molecule has 5 N–H and O–H groups in total. The predicted molar refractivity (Wildman–Crippen MR) is 100 cm³/mol. The largest absolute Gasteiger partial charge is 0.391 e. The van der Waals surface area contributed by atoms with Gasteiger partial charge in [-0.1, -0.05) is 12.2 Å². The number of nitrogens with two attached hydrogens (primary N) is 1. The van der Waals surface area contributed by atoms with Crippen molar-refractivity contribution in [3.63, 3.8) is 0 Å². The highest BCUT2D eigenvalue weighted by Crippen LogP contribution is 2.44. The monoisotopic (exact) mass is 387 g/mol. The van der Waals surface area contributed by atoms with Crippen LogP contribution in [-0.2, 0) is 11.3 Å². The first kappa shape index (κ1) is 18.4. The van der Waals surface area contributed by atoms with E-state index in [-0.39, 0.29) is 35.6 Å². The third-order valence-corrected chi connectivity index (χ3v) is 5.18. The molecule has 0 radical (unpaired) electrons. The van der Waals surface area contributed by atoms with Crippen LogP contribution in [0.25, 0.3) is 0 Å². The van der Waals surface area contributed by atoms with E-state index in [2.05, 4.69) is 25.7 Å². The van der Waals surface area contributed by atoms with E-state index in [0.29, 0.717) is 12.2 Å². The smallest absolute Gasteiger partial charge is 0.229 e. The highest BCUT2D eigenvalue weighted by Gasteiger charge is 2.47. The van der Waals surface area contributed by atoms with Gasteiger partial charge in [0.15, 0.2) is 11.6 Å². The van der Waals surface area contributed by atoms with Gasteiger partial charge in [0.25, 0.3) is 0 Å². The SMILES string of the molecule is C[C@@H](O)Cn1cc(Nc2ncc(F)c(N[C@@H]3[C@H](C(N)=O)[C@@H]4C=C[C@@H]3C4)n2)cn1. The molecule has 2 bridgehead atoms. The van der Waals surface area contributed by atoms with E-state index >= 15 is 0 Å². The Bertz CT molecular complexity index is 913. The zero-order chi connectivity index (χ0) is 19.8. The molecule has 2 aliphatic rings.